The van der Waals surface area contributed by atoms with Gasteiger partial charge in [0.1, 0.15) is 12.4 Å². The maximum atomic E-state index is 5.97. The van der Waals surface area contributed by atoms with E-state index >= 15 is 0 Å². The van der Waals surface area contributed by atoms with Crippen molar-refractivity contribution >= 4 is 10.8 Å². The van der Waals surface area contributed by atoms with Crippen LogP contribution in [0.5, 0.6) is 5.75 Å². The van der Waals surface area contributed by atoms with Crippen LogP contribution in [-0.2, 0) is 11.3 Å². The monoisotopic (exact) mass is 271 g/mol. The smallest absolute Gasteiger partial charge is 0.124 e. The van der Waals surface area contributed by atoms with E-state index in [9.17, 15) is 0 Å². The predicted molar refractivity (Wildman–Crippen MR) is 80.9 cm³/mol. The topological polar surface area (TPSA) is 44.5 Å². The molecular formula is C17H21NO2. The van der Waals surface area contributed by atoms with E-state index < -0.39 is 0 Å². The highest BCUT2D eigenvalue weighted by Crippen LogP contribution is 2.28. The van der Waals surface area contributed by atoms with Gasteiger partial charge in [0.05, 0.1) is 6.10 Å². The molecule has 1 fully saturated rings. The normalized spacial score (nSPS) is 19.1. The third-order valence-corrected chi connectivity index (χ3v) is 3.90. The number of ether oxygens (including phenoxy) is 2. The molecule has 0 saturated carbocycles. The van der Waals surface area contributed by atoms with E-state index in [4.69, 9.17) is 15.2 Å². The summed E-state index contributed by atoms with van der Waals surface area (Å²) in [5.74, 6) is 0.889. The molecule has 1 atom stereocenters. The van der Waals surface area contributed by atoms with Gasteiger partial charge in [0.15, 0.2) is 0 Å². The van der Waals surface area contributed by atoms with E-state index in [-0.39, 0.29) is 6.10 Å². The maximum absolute atomic E-state index is 5.97. The van der Waals surface area contributed by atoms with Crippen molar-refractivity contribution in [3.63, 3.8) is 0 Å². The molecule has 1 heterocycles. The Labute approximate surface area is 119 Å². The fourth-order valence-electron chi connectivity index (χ4n) is 2.78. The molecule has 1 unspecified atom stereocenters. The van der Waals surface area contributed by atoms with Crippen LogP contribution in [0, 0.1) is 0 Å². The molecule has 2 N–H and O–H groups in total. The molecule has 1 aliphatic heterocycles. The maximum Gasteiger partial charge on any atom is 0.124 e. The minimum Gasteiger partial charge on any atom is -0.491 e. The summed E-state index contributed by atoms with van der Waals surface area (Å²) in [7, 11) is 0. The van der Waals surface area contributed by atoms with Gasteiger partial charge < -0.3 is 15.2 Å². The third-order valence-electron chi connectivity index (χ3n) is 3.90. The third kappa shape index (κ3) is 2.79. The van der Waals surface area contributed by atoms with Crippen molar-refractivity contribution in [2.75, 3.05) is 13.2 Å². The van der Waals surface area contributed by atoms with Gasteiger partial charge in [-0.15, -0.1) is 0 Å². The predicted octanol–water partition coefficient (Wildman–Crippen LogP) is 3.25. The first-order valence-corrected chi connectivity index (χ1v) is 7.33. The first kappa shape index (κ1) is 13.4. The Morgan fingerprint density at radius 2 is 2.05 bits per heavy atom. The lowest BCUT2D eigenvalue weighted by Crippen LogP contribution is -2.26. The van der Waals surface area contributed by atoms with Crippen molar-refractivity contribution in [3.8, 4) is 5.75 Å². The minimum absolute atomic E-state index is 0.223. The van der Waals surface area contributed by atoms with E-state index in [1.54, 1.807) is 0 Å². The fourth-order valence-corrected chi connectivity index (χ4v) is 2.78. The summed E-state index contributed by atoms with van der Waals surface area (Å²) < 4.78 is 11.7. The van der Waals surface area contributed by atoms with Crippen LogP contribution in [0.3, 0.4) is 0 Å². The first-order chi connectivity index (χ1) is 9.88. The van der Waals surface area contributed by atoms with Gasteiger partial charge in [0.2, 0.25) is 0 Å². The lowest BCUT2D eigenvalue weighted by Gasteiger charge is -2.23. The summed E-state index contributed by atoms with van der Waals surface area (Å²) in [6, 6.07) is 12.4. The number of benzene rings is 2. The second-order valence-electron chi connectivity index (χ2n) is 5.27. The number of hydrogen-bond donors (Lipinski definition) is 1. The van der Waals surface area contributed by atoms with Crippen LogP contribution in [0.25, 0.3) is 10.8 Å². The molecule has 0 bridgehead atoms. The Morgan fingerprint density at radius 3 is 2.85 bits per heavy atom. The standard InChI is InChI=1S/C17H21NO2/c18-11-16-15-7-2-1-5-13(15)8-9-17(16)20-12-14-6-3-4-10-19-14/h1-2,5,7-9,14H,3-4,6,10-12,18H2. The molecule has 3 nitrogen and oxygen atoms in total. The Kier molecular flexibility index (Phi) is 4.19. The van der Waals surface area contributed by atoms with Crippen molar-refractivity contribution in [3.05, 3.63) is 42.0 Å². The van der Waals surface area contributed by atoms with Gasteiger partial charge >= 0.3 is 0 Å². The summed E-state index contributed by atoms with van der Waals surface area (Å²) in [5, 5.41) is 2.38. The highest BCUT2D eigenvalue weighted by Gasteiger charge is 2.15. The van der Waals surface area contributed by atoms with Gasteiger partial charge in [-0.3, -0.25) is 0 Å². The SMILES string of the molecule is NCc1c(OCC2CCCCO2)ccc2ccccc12. The van der Waals surface area contributed by atoms with Crippen LogP contribution in [0.15, 0.2) is 36.4 Å². The van der Waals surface area contributed by atoms with E-state index in [1.165, 1.54) is 23.6 Å². The Balaban J connectivity index is 1.80. The molecule has 2 aromatic rings. The van der Waals surface area contributed by atoms with E-state index in [2.05, 4.69) is 18.2 Å². The molecule has 0 aromatic heterocycles. The molecule has 20 heavy (non-hydrogen) atoms. The summed E-state index contributed by atoms with van der Waals surface area (Å²) in [5.41, 5.74) is 7.00. The number of rotatable bonds is 4. The largest absolute Gasteiger partial charge is 0.491 e. The summed E-state index contributed by atoms with van der Waals surface area (Å²) in [4.78, 5) is 0. The van der Waals surface area contributed by atoms with Gasteiger partial charge in [-0.25, -0.2) is 0 Å². The van der Waals surface area contributed by atoms with Gasteiger partial charge in [0, 0.05) is 18.7 Å². The Morgan fingerprint density at radius 1 is 1.15 bits per heavy atom. The average molecular weight is 271 g/mol. The van der Waals surface area contributed by atoms with E-state index in [1.807, 2.05) is 18.2 Å². The molecule has 106 valence electrons. The average Bonchev–Trinajstić information content (AvgIpc) is 2.53. The van der Waals surface area contributed by atoms with Crippen LogP contribution >= 0.6 is 0 Å². The van der Waals surface area contributed by atoms with Gasteiger partial charge in [-0.05, 0) is 36.1 Å². The zero-order valence-corrected chi connectivity index (χ0v) is 11.7. The van der Waals surface area contributed by atoms with Crippen molar-refractivity contribution < 1.29 is 9.47 Å². The van der Waals surface area contributed by atoms with Crippen LogP contribution in [0.1, 0.15) is 24.8 Å². The number of fused-ring (bicyclic) bond motifs is 1. The molecule has 3 rings (SSSR count). The molecule has 0 spiro atoms. The molecule has 0 radical (unpaired) electrons. The van der Waals surface area contributed by atoms with Crippen LogP contribution in [-0.4, -0.2) is 19.3 Å². The quantitative estimate of drug-likeness (QED) is 0.928. The van der Waals surface area contributed by atoms with Gasteiger partial charge in [-0.2, -0.15) is 0 Å². The second kappa shape index (κ2) is 6.25. The van der Waals surface area contributed by atoms with E-state index in [0.29, 0.717) is 13.2 Å². The molecule has 2 aromatic carbocycles. The molecule has 1 saturated heterocycles. The van der Waals surface area contributed by atoms with Crippen LogP contribution in [0.2, 0.25) is 0 Å². The number of hydrogen-bond acceptors (Lipinski definition) is 3. The van der Waals surface area contributed by atoms with Crippen molar-refractivity contribution in [2.45, 2.75) is 31.9 Å². The minimum atomic E-state index is 0.223. The molecule has 3 heteroatoms. The zero-order valence-electron chi connectivity index (χ0n) is 11.7. The molecule has 0 amide bonds. The summed E-state index contributed by atoms with van der Waals surface area (Å²) >= 11 is 0. The second-order valence-corrected chi connectivity index (χ2v) is 5.27. The highest BCUT2D eigenvalue weighted by atomic mass is 16.5. The summed E-state index contributed by atoms with van der Waals surface area (Å²) in [6.45, 7) is 1.96. The lowest BCUT2D eigenvalue weighted by atomic mass is 10.0. The zero-order chi connectivity index (χ0) is 13.8. The van der Waals surface area contributed by atoms with Crippen molar-refractivity contribution in [1.29, 1.82) is 0 Å². The number of nitrogens with two attached hydrogens (primary N) is 1. The summed E-state index contributed by atoms with van der Waals surface area (Å²) in [6.07, 6.45) is 3.71. The van der Waals surface area contributed by atoms with Crippen molar-refractivity contribution in [2.24, 2.45) is 5.73 Å². The van der Waals surface area contributed by atoms with E-state index in [0.717, 1.165) is 24.3 Å². The van der Waals surface area contributed by atoms with Crippen LogP contribution < -0.4 is 10.5 Å². The first-order valence-electron chi connectivity index (χ1n) is 7.33. The van der Waals surface area contributed by atoms with Gasteiger partial charge in [-0.1, -0.05) is 30.3 Å². The lowest BCUT2D eigenvalue weighted by molar-refractivity contribution is -0.0112. The molecule has 1 aliphatic rings. The van der Waals surface area contributed by atoms with Gasteiger partial charge in [0.25, 0.3) is 0 Å². The molecular weight excluding hydrogens is 250 g/mol. The molecule has 0 aliphatic carbocycles. The Bertz CT molecular complexity index is 576. The van der Waals surface area contributed by atoms with Crippen molar-refractivity contribution in [1.82, 2.24) is 0 Å². The Hall–Kier alpha value is -1.58. The highest BCUT2D eigenvalue weighted by molar-refractivity contribution is 5.87. The van der Waals surface area contributed by atoms with Crippen LogP contribution in [0.4, 0.5) is 0 Å². The fraction of sp³-hybridized carbons (Fsp3) is 0.412.